The molecule has 0 bridgehead atoms. The highest BCUT2D eigenvalue weighted by Crippen LogP contribution is 2.13. The van der Waals surface area contributed by atoms with E-state index in [9.17, 15) is 4.79 Å². The van der Waals surface area contributed by atoms with Gasteiger partial charge in [-0.1, -0.05) is 0 Å². The molecule has 7 nitrogen and oxygen atoms in total. The number of hydrogen-bond acceptors (Lipinski definition) is 6. The molecule has 0 aromatic carbocycles. The molecule has 1 N–H and O–H groups in total. The lowest BCUT2D eigenvalue weighted by molar-refractivity contribution is -0.140. The maximum Gasteiger partial charge on any atom is 0.224 e. The van der Waals surface area contributed by atoms with Crippen molar-refractivity contribution in [2.75, 3.05) is 59.4 Å². The summed E-state index contributed by atoms with van der Waals surface area (Å²) in [6.45, 7) is 5.97. The zero-order valence-electron chi connectivity index (χ0n) is 12.8. The molecule has 0 saturated carbocycles. The third-order valence-electron chi connectivity index (χ3n) is 3.12. The van der Waals surface area contributed by atoms with Gasteiger partial charge >= 0.3 is 0 Å². The van der Waals surface area contributed by atoms with Gasteiger partial charge in [0.1, 0.15) is 6.23 Å². The van der Waals surface area contributed by atoms with Crippen LogP contribution >= 0.6 is 0 Å². The lowest BCUT2D eigenvalue weighted by Crippen LogP contribution is -2.36. The highest BCUT2D eigenvalue weighted by molar-refractivity contribution is 5.78. The van der Waals surface area contributed by atoms with Gasteiger partial charge in [0.25, 0.3) is 0 Å². The van der Waals surface area contributed by atoms with Crippen LogP contribution in [-0.2, 0) is 23.7 Å². The van der Waals surface area contributed by atoms with Gasteiger partial charge in [0.15, 0.2) is 0 Å². The Balaban J connectivity index is 1.83. The Labute approximate surface area is 126 Å². The van der Waals surface area contributed by atoms with Crippen molar-refractivity contribution in [1.29, 1.82) is 0 Å². The van der Waals surface area contributed by atoms with Crippen molar-refractivity contribution >= 4 is 5.91 Å². The minimum absolute atomic E-state index is 0.0323. The number of carbonyl (C=O) groups excluding carboxylic acids is 1. The number of carbonyl (C=O) groups is 1. The van der Waals surface area contributed by atoms with Gasteiger partial charge in [0.05, 0.1) is 52.9 Å². The van der Waals surface area contributed by atoms with Crippen LogP contribution in [0.2, 0.25) is 0 Å². The van der Waals surface area contributed by atoms with Crippen molar-refractivity contribution in [3.05, 3.63) is 0 Å². The molecule has 7 heteroatoms. The molecule has 124 valence electrons. The Bertz CT molecular complexity index is 276. The van der Waals surface area contributed by atoms with Crippen LogP contribution in [0, 0.1) is 0 Å². The van der Waals surface area contributed by atoms with E-state index in [0.717, 1.165) is 13.0 Å². The second-order valence-corrected chi connectivity index (χ2v) is 4.72. The highest BCUT2D eigenvalue weighted by atomic mass is 16.6. The summed E-state index contributed by atoms with van der Waals surface area (Å²) in [5.41, 5.74) is 0. The third kappa shape index (κ3) is 8.33. The van der Waals surface area contributed by atoms with E-state index in [-0.39, 0.29) is 18.7 Å². The van der Waals surface area contributed by atoms with Gasteiger partial charge in [-0.15, -0.1) is 0 Å². The molecule has 1 aliphatic rings. The second kappa shape index (κ2) is 11.9. The van der Waals surface area contributed by atoms with Crippen LogP contribution in [0.25, 0.3) is 0 Å². The molecular weight excluding hydrogens is 278 g/mol. The van der Waals surface area contributed by atoms with Crippen LogP contribution in [0.5, 0.6) is 0 Å². The second-order valence-electron chi connectivity index (χ2n) is 4.72. The molecule has 1 fully saturated rings. The average molecular weight is 305 g/mol. The van der Waals surface area contributed by atoms with Crippen molar-refractivity contribution in [3.63, 3.8) is 0 Å². The molecular formula is C14H27NO6. The van der Waals surface area contributed by atoms with Gasteiger partial charge in [-0.3, -0.25) is 4.79 Å². The maximum atomic E-state index is 11.5. The fraction of sp³-hybridized carbons (Fsp3) is 0.929. The SMILES string of the molecule is CC(OCCOCCOCCOCCO)N1CCCC1=O. The zero-order valence-corrected chi connectivity index (χ0v) is 12.8. The molecule has 1 amide bonds. The molecule has 1 heterocycles. The van der Waals surface area contributed by atoms with Gasteiger partial charge in [0, 0.05) is 13.0 Å². The summed E-state index contributed by atoms with van der Waals surface area (Å²) >= 11 is 0. The van der Waals surface area contributed by atoms with Crippen molar-refractivity contribution in [2.45, 2.75) is 26.0 Å². The molecule has 0 spiro atoms. The van der Waals surface area contributed by atoms with Gasteiger partial charge in [-0.2, -0.15) is 0 Å². The minimum atomic E-state index is -0.177. The maximum absolute atomic E-state index is 11.5. The van der Waals surface area contributed by atoms with Crippen LogP contribution in [-0.4, -0.2) is 81.5 Å². The lowest BCUT2D eigenvalue weighted by atomic mass is 10.4. The number of ether oxygens (including phenoxy) is 4. The van der Waals surface area contributed by atoms with Crippen molar-refractivity contribution in [3.8, 4) is 0 Å². The number of rotatable bonds is 13. The topological polar surface area (TPSA) is 77.5 Å². The smallest absolute Gasteiger partial charge is 0.224 e. The van der Waals surface area contributed by atoms with Crippen LogP contribution < -0.4 is 0 Å². The Morgan fingerprint density at radius 1 is 1.05 bits per heavy atom. The van der Waals surface area contributed by atoms with Crippen molar-refractivity contribution in [2.24, 2.45) is 0 Å². The average Bonchev–Trinajstić information content (AvgIpc) is 2.91. The zero-order chi connectivity index (χ0) is 15.3. The Morgan fingerprint density at radius 3 is 2.14 bits per heavy atom. The molecule has 1 aliphatic heterocycles. The first-order valence-electron chi connectivity index (χ1n) is 7.51. The molecule has 0 aliphatic carbocycles. The van der Waals surface area contributed by atoms with E-state index in [2.05, 4.69) is 0 Å². The molecule has 1 rings (SSSR count). The van der Waals surface area contributed by atoms with E-state index in [0.29, 0.717) is 52.7 Å². The third-order valence-corrected chi connectivity index (χ3v) is 3.12. The number of aliphatic hydroxyl groups excluding tert-OH is 1. The number of likely N-dealkylation sites (tertiary alicyclic amines) is 1. The fourth-order valence-electron chi connectivity index (χ4n) is 2.03. The fourth-order valence-corrected chi connectivity index (χ4v) is 2.03. The Hall–Kier alpha value is -0.730. The summed E-state index contributed by atoms with van der Waals surface area (Å²) < 4.78 is 21.3. The molecule has 0 aromatic rings. The largest absolute Gasteiger partial charge is 0.394 e. The van der Waals surface area contributed by atoms with E-state index < -0.39 is 0 Å². The molecule has 1 atom stereocenters. The van der Waals surface area contributed by atoms with Crippen molar-refractivity contribution in [1.82, 2.24) is 4.90 Å². The molecule has 0 aromatic heterocycles. The van der Waals surface area contributed by atoms with E-state index in [4.69, 9.17) is 24.1 Å². The highest BCUT2D eigenvalue weighted by Gasteiger charge is 2.25. The normalized spacial score (nSPS) is 16.7. The van der Waals surface area contributed by atoms with Crippen LogP contribution in [0.4, 0.5) is 0 Å². The summed E-state index contributed by atoms with van der Waals surface area (Å²) in [4.78, 5) is 13.3. The van der Waals surface area contributed by atoms with Crippen LogP contribution in [0.3, 0.4) is 0 Å². The summed E-state index contributed by atoms with van der Waals surface area (Å²) in [5, 5.41) is 8.49. The lowest BCUT2D eigenvalue weighted by Gasteiger charge is -2.24. The summed E-state index contributed by atoms with van der Waals surface area (Å²) in [6.07, 6.45) is 1.37. The van der Waals surface area contributed by atoms with E-state index in [1.807, 2.05) is 6.92 Å². The Morgan fingerprint density at radius 2 is 1.62 bits per heavy atom. The van der Waals surface area contributed by atoms with E-state index in [1.54, 1.807) is 4.90 Å². The van der Waals surface area contributed by atoms with Gasteiger partial charge in [0.2, 0.25) is 5.91 Å². The number of amides is 1. The monoisotopic (exact) mass is 305 g/mol. The van der Waals surface area contributed by atoms with Gasteiger partial charge < -0.3 is 29.0 Å². The first-order chi connectivity index (χ1) is 10.3. The summed E-state index contributed by atoms with van der Waals surface area (Å²) in [6, 6.07) is 0. The van der Waals surface area contributed by atoms with Crippen LogP contribution in [0.15, 0.2) is 0 Å². The van der Waals surface area contributed by atoms with Crippen LogP contribution in [0.1, 0.15) is 19.8 Å². The molecule has 21 heavy (non-hydrogen) atoms. The standard InChI is InChI=1S/C14H27NO6/c1-13(15-4-2-3-14(15)17)21-12-11-20-10-9-19-8-7-18-6-5-16/h13,16H,2-12H2,1H3. The van der Waals surface area contributed by atoms with Gasteiger partial charge in [-0.05, 0) is 13.3 Å². The molecule has 1 saturated heterocycles. The number of aliphatic hydroxyl groups is 1. The molecule has 0 radical (unpaired) electrons. The summed E-state index contributed by atoms with van der Waals surface area (Å²) in [5.74, 6) is 0.167. The predicted molar refractivity (Wildman–Crippen MR) is 75.9 cm³/mol. The minimum Gasteiger partial charge on any atom is -0.394 e. The Kier molecular flexibility index (Phi) is 10.4. The first kappa shape index (κ1) is 18.3. The quantitative estimate of drug-likeness (QED) is 0.483. The van der Waals surface area contributed by atoms with Gasteiger partial charge in [-0.25, -0.2) is 0 Å². The van der Waals surface area contributed by atoms with E-state index >= 15 is 0 Å². The summed E-state index contributed by atoms with van der Waals surface area (Å²) in [7, 11) is 0. The first-order valence-corrected chi connectivity index (χ1v) is 7.51. The number of nitrogens with zero attached hydrogens (tertiary/aromatic N) is 1. The molecule has 1 unspecified atom stereocenters. The van der Waals surface area contributed by atoms with Crippen molar-refractivity contribution < 1.29 is 28.8 Å². The van der Waals surface area contributed by atoms with E-state index in [1.165, 1.54) is 0 Å². The predicted octanol–water partition coefficient (Wildman–Crippen LogP) is 0.0135. The number of hydrogen-bond donors (Lipinski definition) is 1.